The first-order chi connectivity index (χ1) is 12.7. The van der Waals surface area contributed by atoms with E-state index in [1.165, 1.54) is 16.0 Å². The average Bonchev–Trinajstić information content (AvgIpc) is 2.98. The summed E-state index contributed by atoms with van der Waals surface area (Å²) >= 11 is 1.42. The number of aromatic nitrogens is 3. The van der Waals surface area contributed by atoms with E-state index in [1.54, 1.807) is 7.11 Å². The highest BCUT2D eigenvalue weighted by Crippen LogP contribution is 2.30. The lowest BCUT2D eigenvalue weighted by Crippen LogP contribution is -2.44. The van der Waals surface area contributed by atoms with Gasteiger partial charge in [0.1, 0.15) is 18.0 Å². The second-order valence-corrected chi connectivity index (χ2v) is 8.45. The van der Waals surface area contributed by atoms with Crippen molar-refractivity contribution in [3.05, 3.63) is 39.6 Å². The number of amides is 1. The number of benzene rings is 1. The number of thiazole rings is 1. The highest BCUT2D eigenvalue weighted by atomic mass is 32.1. The SMILES string of the molecule is COc1ccc(-c2nn(CC(=O)NC(C)(C)C)c(=O)c3nc(C)sc23)cc1. The molecule has 3 rings (SSSR count). The fourth-order valence-corrected chi connectivity index (χ4v) is 3.62. The Balaban J connectivity index is 2.11. The van der Waals surface area contributed by atoms with Crippen LogP contribution in [-0.4, -0.2) is 33.3 Å². The van der Waals surface area contributed by atoms with Crippen molar-refractivity contribution in [3.8, 4) is 17.0 Å². The minimum absolute atomic E-state index is 0.161. The van der Waals surface area contributed by atoms with Gasteiger partial charge in [0.2, 0.25) is 5.91 Å². The Kier molecular flexibility index (Phi) is 5.01. The van der Waals surface area contributed by atoms with E-state index in [0.29, 0.717) is 11.2 Å². The molecule has 3 aromatic rings. The van der Waals surface area contributed by atoms with Gasteiger partial charge in [-0.15, -0.1) is 11.3 Å². The first-order valence-electron chi connectivity index (χ1n) is 8.51. The molecule has 1 N–H and O–H groups in total. The molecule has 0 unspecified atom stereocenters. The van der Waals surface area contributed by atoms with Crippen molar-refractivity contribution in [3.63, 3.8) is 0 Å². The number of rotatable bonds is 4. The van der Waals surface area contributed by atoms with Gasteiger partial charge in [-0.05, 0) is 52.0 Å². The number of nitrogens with one attached hydrogen (secondary N) is 1. The van der Waals surface area contributed by atoms with Crippen LogP contribution in [0, 0.1) is 6.92 Å². The van der Waals surface area contributed by atoms with Gasteiger partial charge < -0.3 is 10.1 Å². The summed E-state index contributed by atoms with van der Waals surface area (Å²) in [5.41, 5.74) is 1.04. The molecular weight excluding hydrogens is 364 g/mol. The fourth-order valence-electron chi connectivity index (χ4n) is 2.70. The molecule has 0 saturated carbocycles. The number of aryl methyl sites for hydroxylation is 1. The highest BCUT2D eigenvalue weighted by Gasteiger charge is 2.19. The maximum absolute atomic E-state index is 12.8. The van der Waals surface area contributed by atoms with Crippen LogP contribution in [-0.2, 0) is 11.3 Å². The number of hydrogen-bond acceptors (Lipinski definition) is 6. The zero-order chi connectivity index (χ0) is 19.8. The van der Waals surface area contributed by atoms with E-state index < -0.39 is 0 Å². The van der Waals surface area contributed by atoms with Gasteiger partial charge in [-0.1, -0.05) is 0 Å². The predicted molar refractivity (Wildman–Crippen MR) is 106 cm³/mol. The lowest BCUT2D eigenvalue weighted by molar-refractivity contribution is -0.123. The molecular formula is C19H22N4O3S. The van der Waals surface area contributed by atoms with Crippen molar-refractivity contribution in [2.24, 2.45) is 0 Å². The maximum atomic E-state index is 12.8. The third-order valence-electron chi connectivity index (χ3n) is 3.78. The molecule has 0 spiro atoms. The van der Waals surface area contributed by atoms with Gasteiger partial charge in [0.05, 0.1) is 16.8 Å². The van der Waals surface area contributed by atoms with E-state index in [9.17, 15) is 9.59 Å². The molecule has 0 atom stereocenters. The Morgan fingerprint density at radius 3 is 2.52 bits per heavy atom. The lowest BCUT2D eigenvalue weighted by atomic mass is 10.1. The molecule has 2 heterocycles. The average molecular weight is 386 g/mol. The molecule has 27 heavy (non-hydrogen) atoms. The van der Waals surface area contributed by atoms with Gasteiger partial charge >= 0.3 is 0 Å². The van der Waals surface area contributed by atoms with Crippen LogP contribution in [0.15, 0.2) is 29.1 Å². The quantitative estimate of drug-likeness (QED) is 0.745. The molecule has 0 radical (unpaired) electrons. The molecule has 0 aliphatic carbocycles. The number of carbonyl (C=O) groups excluding carboxylic acids is 1. The Bertz CT molecular complexity index is 1050. The van der Waals surface area contributed by atoms with Crippen LogP contribution in [0.2, 0.25) is 0 Å². The molecule has 0 aliphatic heterocycles. The predicted octanol–water partition coefficient (Wildman–Crippen LogP) is 2.75. The lowest BCUT2D eigenvalue weighted by Gasteiger charge is -2.20. The van der Waals surface area contributed by atoms with Crippen LogP contribution >= 0.6 is 11.3 Å². The maximum Gasteiger partial charge on any atom is 0.294 e. The summed E-state index contributed by atoms with van der Waals surface area (Å²) in [6.07, 6.45) is 0. The van der Waals surface area contributed by atoms with Gasteiger partial charge in [0.25, 0.3) is 5.56 Å². The largest absolute Gasteiger partial charge is 0.497 e. The molecule has 1 aromatic carbocycles. The minimum atomic E-state index is -0.388. The van der Waals surface area contributed by atoms with Crippen molar-refractivity contribution < 1.29 is 9.53 Å². The third-order valence-corrected chi connectivity index (χ3v) is 4.76. The molecule has 7 nitrogen and oxygen atoms in total. The van der Waals surface area contributed by atoms with Crippen LogP contribution in [0.1, 0.15) is 25.8 Å². The summed E-state index contributed by atoms with van der Waals surface area (Å²) in [5.74, 6) is 0.456. The number of nitrogens with zero attached hydrogens (tertiary/aromatic N) is 3. The zero-order valence-electron chi connectivity index (χ0n) is 16.0. The second-order valence-electron chi connectivity index (χ2n) is 7.25. The van der Waals surface area contributed by atoms with Crippen molar-refractivity contribution >= 4 is 27.5 Å². The molecule has 0 saturated heterocycles. The molecule has 0 aliphatic rings. The normalized spacial score (nSPS) is 11.6. The fraction of sp³-hybridized carbons (Fsp3) is 0.368. The third kappa shape index (κ3) is 4.16. The van der Waals surface area contributed by atoms with Crippen LogP contribution in [0.25, 0.3) is 21.5 Å². The van der Waals surface area contributed by atoms with Crippen molar-refractivity contribution in [2.75, 3.05) is 7.11 Å². The van der Waals surface area contributed by atoms with Gasteiger partial charge in [0.15, 0.2) is 5.52 Å². The number of hydrogen-bond donors (Lipinski definition) is 1. The Morgan fingerprint density at radius 1 is 1.26 bits per heavy atom. The summed E-state index contributed by atoms with van der Waals surface area (Å²) in [4.78, 5) is 29.4. The van der Waals surface area contributed by atoms with Crippen molar-refractivity contribution in [1.29, 1.82) is 0 Å². The van der Waals surface area contributed by atoms with E-state index in [1.807, 2.05) is 52.0 Å². The summed E-state index contributed by atoms with van der Waals surface area (Å²) in [7, 11) is 1.60. The zero-order valence-corrected chi connectivity index (χ0v) is 16.8. The van der Waals surface area contributed by atoms with Gasteiger partial charge in [-0.2, -0.15) is 5.10 Å². The second kappa shape index (κ2) is 7.11. The van der Waals surface area contributed by atoms with Crippen LogP contribution in [0.5, 0.6) is 5.75 Å². The molecule has 0 bridgehead atoms. The van der Waals surface area contributed by atoms with Gasteiger partial charge in [0, 0.05) is 11.1 Å². The Morgan fingerprint density at radius 2 is 1.93 bits per heavy atom. The molecule has 0 fully saturated rings. The van der Waals surface area contributed by atoms with Crippen molar-refractivity contribution in [2.45, 2.75) is 39.8 Å². The summed E-state index contributed by atoms with van der Waals surface area (Å²) in [6.45, 7) is 7.34. The number of carbonyl (C=O) groups is 1. The monoisotopic (exact) mass is 386 g/mol. The first-order valence-corrected chi connectivity index (χ1v) is 9.33. The summed E-state index contributed by atoms with van der Waals surface area (Å²) in [5, 5.41) is 8.11. The standard InChI is InChI=1S/C19H22N4O3S/c1-11-20-16-17(27-11)15(12-6-8-13(26-5)9-7-12)22-23(18(16)25)10-14(24)21-19(2,3)4/h6-9H,10H2,1-5H3,(H,21,24). The molecule has 1 amide bonds. The van der Waals surface area contributed by atoms with Crippen LogP contribution in [0.3, 0.4) is 0 Å². The Labute approximate surface area is 161 Å². The van der Waals surface area contributed by atoms with E-state index in [0.717, 1.165) is 21.0 Å². The van der Waals surface area contributed by atoms with Crippen LogP contribution in [0.4, 0.5) is 0 Å². The highest BCUT2D eigenvalue weighted by molar-refractivity contribution is 7.19. The minimum Gasteiger partial charge on any atom is -0.497 e. The number of methoxy groups -OCH3 is 1. The number of ether oxygens (including phenoxy) is 1. The van der Waals surface area contributed by atoms with E-state index >= 15 is 0 Å². The molecule has 2 aromatic heterocycles. The number of fused-ring (bicyclic) bond motifs is 1. The summed E-state index contributed by atoms with van der Waals surface area (Å²) < 4.78 is 7.10. The van der Waals surface area contributed by atoms with Gasteiger partial charge in [-0.25, -0.2) is 9.67 Å². The first kappa shape index (κ1) is 19.0. The topological polar surface area (TPSA) is 86.1 Å². The summed E-state index contributed by atoms with van der Waals surface area (Å²) in [6, 6.07) is 7.41. The van der Waals surface area contributed by atoms with E-state index in [4.69, 9.17) is 4.74 Å². The van der Waals surface area contributed by atoms with Gasteiger partial charge in [-0.3, -0.25) is 9.59 Å². The van der Waals surface area contributed by atoms with E-state index in [2.05, 4.69) is 15.4 Å². The molecule has 142 valence electrons. The molecule has 8 heteroatoms. The van der Waals surface area contributed by atoms with Crippen molar-refractivity contribution in [1.82, 2.24) is 20.1 Å². The van der Waals surface area contributed by atoms with Crippen LogP contribution < -0.4 is 15.6 Å². The smallest absolute Gasteiger partial charge is 0.294 e. The Hall–Kier alpha value is -2.74. The van der Waals surface area contributed by atoms with E-state index in [-0.39, 0.29) is 23.6 Å².